The van der Waals surface area contributed by atoms with E-state index < -0.39 is 6.10 Å². The lowest BCUT2D eigenvalue weighted by Crippen LogP contribution is -2.27. The minimum absolute atomic E-state index is 0. The molecule has 1 fully saturated rings. The van der Waals surface area contributed by atoms with E-state index in [9.17, 15) is 5.11 Å². The van der Waals surface area contributed by atoms with Crippen molar-refractivity contribution in [2.75, 3.05) is 0 Å². The minimum atomic E-state index is -0.419. The molecule has 122 valence electrons. The second kappa shape index (κ2) is 6.16. The van der Waals surface area contributed by atoms with Gasteiger partial charge in [-0.2, -0.15) is 0 Å². The first-order valence-corrected chi connectivity index (χ1v) is 8.15. The highest BCUT2D eigenvalue weighted by Crippen LogP contribution is 2.38. The summed E-state index contributed by atoms with van der Waals surface area (Å²) in [6, 6.07) is 14.6. The molecule has 0 spiro atoms. The number of rotatable bonds is 4. The Morgan fingerprint density at radius 2 is 1.83 bits per heavy atom. The maximum Gasteiger partial charge on any atom is 0.0760 e. The number of hydrogen-bond acceptors (Lipinski definition) is 2. The quantitative estimate of drug-likeness (QED) is 0.759. The first-order chi connectivity index (χ1) is 10.7. The number of aliphatic hydroxyl groups is 1. The van der Waals surface area contributed by atoms with Crippen LogP contribution >= 0.6 is 12.4 Å². The summed E-state index contributed by atoms with van der Waals surface area (Å²) < 4.78 is 2.33. The molecule has 1 heterocycles. The van der Waals surface area contributed by atoms with E-state index in [1.54, 1.807) is 0 Å². The van der Waals surface area contributed by atoms with Gasteiger partial charge in [0, 0.05) is 28.4 Å². The number of nitrogens with two attached hydrogens (primary N) is 1. The third-order valence-corrected chi connectivity index (χ3v) is 4.97. The van der Waals surface area contributed by atoms with Crippen molar-refractivity contribution in [1.29, 1.82) is 0 Å². The van der Waals surface area contributed by atoms with Crippen molar-refractivity contribution in [3.8, 4) is 0 Å². The van der Waals surface area contributed by atoms with Gasteiger partial charge in [-0.25, -0.2) is 0 Å². The van der Waals surface area contributed by atoms with Gasteiger partial charge in [0.1, 0.15) is 0 Å². The highest BCUT2D eigenvalue weighted by Gasteiger charge is 2.34. The van der Waals surface area contributed by atoms with Crippen LogP contribution in [0.4, 0.5) is 0 Å². The lowest BCUT2D eigenvalue weighted by atomic mass is 9.97. The molecule has 0 unspecified atom stereocenters. The molecule has 4 rings (SSSR count). The molecule has 1 aliphatic rings. The van der Waals surface area contributed by atoms with Gasteiger partial charge >= 0.3 is 0 Å². The highest BCUT2D eigenvalue weighted by atomic mass is 35.5. The molecule has 0 amide bonds. The Balaban J connectivity index is 0.00000156. The minimum Gasteiger partial charge on any atom is -0.391 e. The Hall–Kier alpha value is -1.55. The molecular weight excluding hydrogens is 308 g/mol. The molecule has 2 atom stereocenters. The van der Waals surface area contributed by atoms with E-state index in [1.165, 1.54) is 21.8 Å². The Morgan fingerprint density at radius 1 is 1.13 bits per heavy atom. The Kier molecular flexibility index (Phi) is 4.37. The summed E-state index contributed by atoms with van der Waals surface area (Å²) in [4.78, 5) is 0. The van der Waals surface area contributed by atoms with Crippen molar-refractivity contribution in [3.63, 3.8) is 0 Å². The number of fused-ring (bicyclic) bond motifs is 3. The number of aryl methyl sites for hydroxylation is 1. The lowest BCUT2D eigenvalue weighted by Gasteiger charge is -2.19. The summed E-state index contributed by atoms with van der Waals surface area (Å²) in [6.07, 6.45) is 1.79. The van der Waals surface area contributed by atoms with Crippen LogP contribution in [0, 0.1) is 5.92 Å². The number of hydrogen-bond donors (Lipinski definition) is 2. The zero-order valence-electron chi connectivity index (χ0n) is 13.3. The molecule has 3 aromatic rings. The Morgan fingerprint density at radius 3 is 2.52 bits per heavy atom. The summed E-state index contributed by atoms with van der Waals surface area (Å²) in [5, 5.41) is 12.8. The first-order valence-electron chi connectivity index (χ1n) is 8.15. The molecule has 0 saturated heterocycles. The zero-order valence-corrected chi connectivity index (χ0v) is 14.1. The van der Waals surface area contributed by atoms with Crippen LogP contribution in [0.2, 0.25) is 0 Å². The van der Waals surface area contributed by atoms with Crippen LogP contribution in [-0.2, 0) is 6.54 Å². The van der Waals surface area contributed by atoms with Crippen LogP contribution in [0.15, 0.2) is 42.5 Å². The molecule has 4 heteroatoms. The number of benzene rings is 2. The molecule has 1 saturated carbocycles. The van der Waals surface area contributed by atoms with Gasteiger partial charge in [-0.3, -0.25) is 0 Å². The molecule has 3 nitrogen and oxygen atoms in total. The summed E-state index contributed by atoms with van der Waals surface area (Å²) in [5.41, 5.74) is 9.82. The monoisotopic (exact) mass is 330 g/mol. The summed E-state index contributed by atoms with van der Waals surface area (Å²) >= 11 is 0. The van der Waals surface area contributed by atoms with Crippen LogP contribution in [0.1, 0.15) is 31.4 Å². The predicted octanol–water partition coefficient (Wildman–Crippen LogP) is 4.01. The lowest BCUT2D eigenvalue weighted by molar-refractivity contribution is 0.122. The van der Waals surface area contributed by atoms with Crippen molar-refractivity contribution >= 4 is 34.2 Å². The molecule has 2 aromatic carbocycles. The van der Waals surface area contributed by atoms with Crippen LogP contribution < -0.4 is 5.73 Å². The van der Waals surface area contributed by atoms with Crippen LogP contribution in [0.3, 0.4) is 0 Å². The average molecular weight is 331 g/mol. The third kappa shape index (κ3) is 2.63. The largest absolute Gasteiger partial charge is 0.391 e. The summed E-state index contributed by atoms with van der Waals surface area (Å²) in [5.74, 6) is 0.391. The van der Waals surface area contributed by atoms with Crippen LogP contribution in [0.25, 0.3) is 21.8 Å². The van der Waals surface area contributed by atoms with E-state index in [2.05, 4.69) is 54.0 Å². The molecule has 0 aliphatic heterocycles. The third-order valence-electron chi connectivity index (χ3n) is 4.97. The van der Waals surface area contributed by atoms with Crippen molar-refractivity contribution in [2.45, 2.75) is 38.5 Å². The average Bonchev–Trinajstić information content (AvgIpc) is 3.35. The van der Waals surface area contributed by atoms with E-state index >= 15 is 0 Å². The SMILES string of the molecule is CCn1c2ccccc2c2cc([C@@H](N)[C@@H](O)C3CC3)ccc21.Cl. The number of aliphatic hydroxyl groups excluding tert-OH is 1. The summed E-state index contributed by atoms with van der Waals surface area (Å²) in [6.45, 7) is 3.11. The van der Waals surface area contributed by atoms with Crippen molar-refractivity contribution in [3.05, 3.63) is 48.0 Å². The molecule has 23 heavy (non-hydrogen) atoms. The van der Waals surface area contributed by atoms with Crippen molar-refractivity contribution < 1.29 is 5.11 Å². The molecule has 1 aromatic heterocycles. The summed E-state index contributed by atoms with van der Waals surface area (Å²) in [7, 11) is 0. The topological polar surface area (TPSA) is 51.2 Å². The maximum absolute atomic E-state index is 10.3. The van der Waals surface area contributed by atoms with Crippen LogP contribution in [-0.4, -0.2) is 15.8 Å². The van der Waals surface area contributed by atoms with E-state index in [-0.39, 0.29) is 18.4 Å². The zero-order chi connectivity index (χ0) is 15.3. The van der Waals surface area contributed by atoms with Gasteiger partial charge in [-0.15, -0.1) is 12.4 Å². The second-order valence-corrected chi connectivity index (χ2v) is 6.39. The van der Waals surface area contributed by atoms with Gasteiger partial charge in [0.2, 0.25) is 0 Å². The standard InChI is InChI=1S/C19H22N2O.ClH/c1-2-21-16-6-4-3-5-14(16)15-11-13(9-10-17(15)21)18(20)19(22)12-7-8-12;/h3-6,9-12,18-19,22H,2,7-8,20H2,1H3;1H/t18-,19+;/m1./s1. The number of nitrogens with zero attached hydrogens (tertiary/aromatic N) is 1. The fraction of sp³-hybridized carbons (Fsp3) is 0.368. The van der Waals surface area contributed by atoms with E-state index in [4.69, 9.17) is 5.73 Å². The van der Waals surface area contributed by atoms with E-state index in [1.807, 2.05) is 0 Å². The predicted molar refractivity (Wildman–Crippen MR) is 98.0 cm³/mol. The smallest absolute Gasteiger partial charge is 0.0760 e. The number of aromatic nitrogens is 1. The number of para-hydroxylation sites is 1. The van der Waals surface area contributed by atoms with E-state index in [0.717, 1.165) is 24.9 Å². The Bertz CT molecular complexity index is 838. The normalized spacial score (nSPS) is 17.2. The van der Waals surface area contributed by atoms with Gasteiger partial charge in [0.25, 0.3) is 0 Å². The molecule has 0 radical (unpaired) electrons. The molecule has 0 bridgehead atoms. The Labute approximate surface area is 142 Å². The van der Waals surface area contributed by atoms with Gasteiger partial charge in [-0.1, -0.05) is 24.3 Å². The molecule has 3 N–H and O–H groups in total. The van der Waals surface area contributed by atoms with Crippen molar-refractivity contribution in [2.24, 2.45) is 11.7 Å². The number of halogens is 1. The fourth-order valence-corrected chi connectivity index (χ4v) is 3.55. The second-order valence-electron chi connectivity index (χ2n) is 6.39. The fourth-order valence-electron chi connectivity index (χ4n) is 3.55. The van der Waals surface area contributed by atoms with Gasteiger partial charge in [-0.05, 0) is 49.4 Å². The maximum atomic E-state index is 10.3. The van der Waals surface area contributed by atoms with Gasteiger partial charge < -0.3 is 15.4 Å². The molecular formula is C19H23ClN2O. The highest BCUT2D eigenvalue weighted by molar-refractivity contribution is 6.08. The molecule has 1 aliphatic carbocycles. The van der Waals surface area contributed by atoms with Gasteiger partial charge in [0.05, 0.1) is 12.1 Å². The first kappa shape index (κ1) is 16.3. The van der Waals surface area contributed by atoms with Crippen LogP contribution in [0.5, 0.6) is 0 Å². The van der Waals surface area contributed by atoms with Crippen molar-refractivity contribution in [1.82, 2.24) is 4.57 Å². The van der Waals surface area contributed by atoms with Gasteiger partial charge in [0.15, 0.2) is 0 Å². The van der Waals surface area contributed by atoms with E-state index in [0.29, 0.717) is 5.92 Å².